The summed E-state index contributed by atoms with van der Waals surface area (Å²) >= 11 is 0. The number of nitrogens with zero attached hydrogens (tertiary/aromatic N) is 2. The van der Waals surface area contributed by atoms with Gasteiger partial charge in [-0.05, 0) is 47.9 Å². The van der Waals surface area contributed by atoms with Crippen LogP contribution in [0.1, 0.15) is 36.7 Å². The van der Waals surface area contributed by atoms with Crippen molar-refractivity contribution in [2.24, 2.45) is 0 Å². The predicted molar refractivity (Wildman–Crippen MR) is 103 cm³/mol. The molecule has 1 aromatic heterocycles. The molecule has 0 aliphatic rings. The molecule has 0 saturated heterocycles. The van der Waals surface area contributed by atoms with Crippen LogP contribution in [0.2, 0.25) is 0 Å². The Kier molecular flexibility index (Phi) is 5.46. The summed E-state index contributed by atoms with van der Waals surface area (Å²) < 4.78 is 11.0. The maximum Gasteiger partial charge on any atom is 0.335 e. The van der Waals surface area contributed by atoms with Crippen LogP contribution in [0.3, 0.4) is 0 Å². The first-order valence-corrected chi connectivity index (χ1v) is 8.85. The van der Waals surface area contributed by atoms with Crippen molar-refractivity contribution in [1.29, 1.82) is 0 Å². The van der Waals surface area contributed by atoms with Crippen LogP contribution in [0.15, 0.2) is 47.0 Å². The van der Waals surface area contributed by atoms with Crippen LogP contribution in [0.5, 0.6) is 5.75 Å². The molecule has 3 rings (SSSR count). The molecule has 7 heteroatoms. The van der Waals surface area contributed by atoms with Crippen LogP contribution in [-0.4, -0.2) is 39.5 Å². The number of aromatic nitrogens is 2. The molecule has 7 nitrogen and oxygen atoms in total. The van der Waals surface area contributed by atoms with Crippen molar-refractivity contribution in [2.75, 3.05) is 13.2 Å². The lowest BCUT2D eigenvalue weighted by Gasteiger charge is -2.23. The first kappa shape index (κ1) is 19.6. The van der Waals surface area contributed by atoms with Gasteiger partial charge < -0.3 is 19.5 Å². The van der Waals surface area contributed by atoms with Gasteiger partial charge in [0.1, 0.15) is 12.4 Å². The zero-order valence-corrected chi connectivity index (χ0v) is 16.0. The fourth-order valence-electron chi connectivity index (χ4n) is 2.75. The van der Waals surface area contributed by atoms with Crippen molar-refractivity contribution in [3.05, 3.63) is 53.6 Å². The Morgan fingerprint density at radius 3 is 2.39 bits per heavy atom. The van der Waals surface area contributed by atoms with Gasteiger partial charge in [0, 0.05) is 16.7 Å². The van der Waals surface area contributed by atoms with E-state index in [2.05, 4.69) is 30.9 Å². The molecule has 0 aliphatic carbocycles. The lowest BCUT2D eigenvalue weighted by molar-refractivity contribution is 0.0697. The van der Waals surface area contributed by atoms with Gasteiger partial charge in [-0.3, -0.25) is 0 Å². The van der Waals surface area contributed by atoms with Crippen LogP contribution in [0.25, 0.3) is 22.8 Å². The highest BCUT2D eigenvalue weighted by Gasteiger charge is 2.21. The van der Waals surface area contributed by atoms with Crippen LogP contribution in [0, 0.1) is 0 Å². The molecule has 0 radical (unpaired) electrons. The van der Waals surface area contributed by atoms with Gasteiger partial charge in [0.25, 0.3) is 5.89 Å². The van der Waals surface area contributed by atoms with E-state index < -0.39 is 5.97 Å². The summed E-state index contributed by atoms with van der Waals surface area (Å²) in [5.41, 5.74) is 2.40. The summed E-state index contributed by atoms with van der Waals surface area (Å²) in [6, 6.07) is 11.9. The van der Waals surface area contributed by atoms with Crippen LogP contribution in [0.4, 0.5) is 0 Å². The Bertz CT molecular complexity index is 971. The number of carbonyl (C=O) groups is 1. The summed E-state index contributed by atoms with van der Waals surface area (Å²) in [7, 11) is 0. The van der Waals surface area contributed by atoms with Gasteiger partial charge in [-0.2, -0.15) is 4.98 Å². The highest BCUT2D eigenvalue weighted by Crippen LogP contribution is 2.35. The number of hydrogen-bond donors (Lipinski definition) is 2. The van der Waals surface area contributed by atoms with Crippen molar-refractivity contribution in [3.63, 3.8) is 0 Å². The smallest absolute Gasteiger partial charge is 0.335 e. The van der Waals surface area contributed by atoms with Gasteiger partial charge in [0.15, 0.2) is 0 Å². The molecule has 2 N–H and O–H groups in total. The highest BCUT2D eigenvalue weighted by molar-refractivity contribution is 5.88. The van der Waals surface area contributed by atoms with E-state index in [1.165, 1.54) is 12.1 Å². The summed E-state index contributed by atoms with van der Waals surface area (Å²) in [6.45, 7) is 6.39. The maximum absolute atomic E-state index is 11.0. The number of hydrogen-bond acceptors (Lipinski definition) is 6. The molecular weight excluding hydrogens is 360 g/mol. The number of ether oxygens (including phenoxy) is 1. The Balaban J connectivity index is 1.93. The maximum atomic E-state index is 11.0. The molecular formula is C21H22N2O5. The van der Waals surface area contributed by atoms with Gasteiger partial charge in [0.05, 0.1) is 12.2 Å². The molecule has 0 bridgehead atoms. The third-order valence-corrected chi connectivity index (χ3v) is 4.20. The number of benzene rings is 2. The summed E-state index contributed by atoms with van der Waals surface area (Å²) in [6.07, 6.45) is 0. The first-order valence-electron chi connectivity index (χ1n) is 8.85. The number of carboxylic acids is 1. The van der Waals surface area contributed by atoms with Gasteiger partial charge in [-0.15, -0.1) is 0 Å². The predicted octanol–water partition coefficient (Wildman–Crippen LogP) is 3.77. The molecule has 0 aliphatic heterocycles. The van der Waals surface area contributed by atoms with E-state index in [9.17, 15) is 4.79 Å². The molecule has 28 heavy (non-hydrogen) atoms. The van der Waals surface area contributed by atoms with Crippen molar-refractivity contribution in [2.45, 2.75) is 26.2 Å². The first-order chi connectivity index (χ1) is 13.3. The van der Waals surface area contributed by atoms with Gasteiger partial charge in [-0.25, -0.2) is 4.79 Å². The summed E-state index contributed by atoms with van der Waals surface area (Å²) in [4.78, 5) is 15.4. The third-order valence-electron chi connectivity index (χ3n) is 4.20. The SMILES string of the molecule is CC(C)(C)c1cc(-c2noc(-c3ccc(C(=O)O)cc3)n2)ccc1OCCO. The number of aliphatic hydroxyl groups excluding tert-OH is 1. The molecule has 0 amide bonds. The van der Waals surface area contributed by atoms with Crippen molar-refractivity contribution >= 4 is 5.97 Å². The van der Waals surface area contributed by atoms with Crippen LogP contribution >= 0.6 is 0 Å². The van der Waals surface area contributed by atoms with E-state index in [1.807, 2.05) is 18.2 Å². The third kappa shape index (κ3) is 4.20. The number of carboxylic acid groups (broad SMARTS) is 1. The summed E-state index contributed by atoms with van der Waals surface area (Å²) in [5, 5.41) is 22.1. The van der Waals surface area contributed by atoms with E-state index >= 15 is 0 Å². The van der Waals surface area contributed by atoms with Gasteiger partial charge in [0.2, 0.25) is 5.82 Å². The second-order valence-corrected chi connectivity index (χ2v) is 7.34. The topological polar surface area (TPSA) is 106 Å². The molecule has 0 atom stereocenters. The molecule has 1 heterocycles. The van der Waals surface area contributed by atoms with Crippen molar-refractivity contribution < 1.29 is 24.3 Å². The average molecular weight is 382 g/mol. The minimum absolute atomic E-state index is 0.0554. The lowest BCUT2D eigenvalue weighted by atomic mass is 9.85. The van der Waals surface area contributed by atoms with Crippen LogP contribution in [-0.2, 0) is 5.41 Å². The Morgan fingerprint density at radius 1 is 1.11 bits per heavy atom. The standard InChI is InChI=1S/C21H22N2O5/c1-21(2,3)16-12-15(8-9-17(16)27-11-10-24)18-22-19(28-23-18)13-4-6-14(7-5-13)20(25)26/h4-9,12,24H,10-11H2,1-3H3,(H,25,26). The Labute approximate surface area is 162 Å². The van der Waals surface area contributed by atoms with Crippen molar-refractivity contribution in [3.8, 4) is 28.6 Å². The summed E-state index contributed by atoms with van der Waals surface area (Å²) in [5.74, 6) is 0.454. The van der Waals surface area contributed by atoms with E-state index in [1.54, 1.807) is 12.1 Å². The normalized spacial score (nSPS) is 11.4. The Hall–Kier alpha value is -3.19. The largest absolute Gasteiger partial charge is 0.491 e. The van der Waals surface area contributed by atoms with Gasteiger partial charge >= 0.3 is 5.97 Å². The molecule has 146 valence electrons. The number of aromatic carboxylic acids is 1. The minimum atomic E-state index is -0.990. The van der Waals surface area contributed by atoms with E-state index in [0.29, 0.717) is 23.0 Å². The fraction of sp³-hybridized carbons (Fsp3) is 0.286. The monoisotopic (exact) mass is 382 g/mol. The van der Waals surface area contributed by atoms with E-state index in [4.69, 9.17) is 19.5 Å². The highest BCUT2D eigenvalue weighted by atomic mass is 16.5. The quantitative estimate of drug-likeness (QED) is 0.668. The minimum Gasteiger partial charge on any atom is -0.491 e. The van der Waals surface area contributed by atoms with Crippen LogP contribution < -0.4 is 4.74 Å². The lowest BCUT2D eigenvalue weighted by Crippen LogP contribution is -2.15. The molecule has 0 spiro atoms. The van der Waals surface area contributed by atoms with Crippen molar-refractivity contribution in [1.82, 2.24) is 10.1 Å². The average Bonchev–Trinajstić information content (AvgIpc) is 3.15. The molecule has 0 saturated carbocycles. The number of aliphatic hydroxyl groups is 1. The fourth-order valence-corrected chi connectivity index (χ4v) is 2.75. The zero-order valence-electron chi connectivity index (χ0n) is 16.0. The zero-order chi connectivity index (χ0) is 20.3. The van der Waals surface area contributed by atoms with E-state index in [0.717, 1.165) is 11.1 Å². The van der Waals surface area contributed by atoms with E-state index in [-0.39, 0.29) is 24.2 Å². The Morgan fingerprint density at radius 2 is 1.79 bits per heavy atom. The number of rotatable bonds is 6. The second kappa shape index (κ2) is 7.82. The molecule has 3 aromatic rings. The van der Waals surface area contributed by atoms with Gasteiger partial charge in [-0.1, -0.05) is 25.9 Å². The second-order valence-electron chi connectivity index (χ2n) is 7.34. The molecule has 2 aromatic carbocycles. The molecule has 0 fully saturated rings. The molecule has 0 unspecified atom stereocenters.